The van der Waals surface area contributed by atoms with E-state index < -0.39 is 9.04 Å². The van der Waals surface area contributed by atoms with Gasteiger partial charge in [0.2, 0.25) is 0 Å². The van der Waals surface area contributed by atoms with Gasteiger partial charge in [0.1, 0.15) is 0 Å². The predicted molar refractivity (Wildman–Crippen MR) is 75.8 cm³/mol. The molecule has 0 saturated carbocycles. The van der Waals surface area contributed by atoms with Crippen LogP contribution in [0.25, 0.3) is 0 Å². The molecule has 0 aromatic heterocycles. The average molecular weight is 254 g/mol. The van der Waals surface area contributed by atoms with Crippen LogP contribution in [0.1, 0.15) is 26.3 Å². The molecule has 0 aliphatic heterocycles. The number of hydrogen-bond acceptors (Lipinski definition) is 2. The number of hydrogen-bond donors (Lipinski definition) is 0. The van der Waals surface area contributed by atoms with Crippen molar-refractivity contribution in [3.63, 3.8) is 0 Å². The molecule has 1 nitrogen and oxygen atoms in total. The highest BCUT2D eigenvalue weighted by atomic mass is 32.2. The molecule has 0 bridgehead atoms. The van der Waals surface area contributed by atoms with Crippen molar-refractivity contribution in [3.05, 3.63) is 29.8 Å². The Morgan fingerprint density at radius 3 is 2.12 bits per heavy atom. The van der Waals surface area contributed by atoms with E-state index in [2.05, 4.69) is 58.1 Å². The first-order valence-corrected chi connectivity index (χ1v) is 9.51. The molecule has 0 saturated heterocycles. The smallest absolute Gasteiger partial charge is 0.172 e. The predicted octanol–water partition coefficient (Wildman–Crippen LogP) is 4.03. The summed E-state index contributed by atoms with van der Waals surface area (Å²) >= 11 is 1.78. The summed E-state index contributed by atoms with van der Waals surface area (Å²) in [7, 11) is -0.870. The SMILES string of the molecule is C[SiH](C)OCSc1ccc(C(C)(C)C)cc1. The Balaban J connectivity index is 2.52. The molecule has 1 aromatic rings. The second-order valence-electron chi connectivity index (χ2n) is 5.25. The minimum absolute atomic E-state index is 0.241. The zero-order valence-electron chi connectivity index (χ0n) is 10.9. The van der Waals surface area contributed by atoms with Gasteiger partial charge in [-0.05, 0) is 36.2 Å². The van der Waals surface area contributed by atoms with Crippen molar-refractivity contribution in [3.8, 4) is 0 Å². The summed E-state index contributed by atoms with van der Waals surface area (Å²) in [6, 6.07) is 8.82. The Morgan fingerprint density at radius 1 is 1.12 bits per heavy atom. The lowest BCUT2D eigenvalue weighted by Crippen LogP contribution is -2.10. The molecule has 1 rings (SSSR count). The van der Waals surface area contributed by atoms with Crippen LogP contribution in [0.3, 0.4) is 0 Å². The number of thioether (sulfide) groups is 1. The third-order valence-corrected chi connectivity index (χ3v) is 4.28. The lowest BCUT2D eigenvalue weighted by molar-refractivity contribution is 0.406. The van der Waals surface area contributed by atoms with Gasteiger partial charge in [0, 0.05) is 4.90 Å². The molecular formula is C13H22OSSi. The zero-order chi connectivity index (χ0) is 12.2. The molecule has 0 aliphatic carbocycles. The normalized spacial score (nSPS) is 12.1. The molecular weight excluding hydrogens is 232 g/mol. The minimum atomic E-state index is -0.870. The van der Waals surface area contributed by atoms with Crippen LogP contribution in [-0.2, 0) is 9.84 Å². The maximum absolute atomic E-state index is 5.65. The highest BCUT2D eigenvalue weighted by Gasteiger charge is 2.12. The van der Waals surface area contributed by atoms with E-state index in [1.807, 2.05) is 0 Å². The lowest BCUT2D eigenvalue weighted by atomic mass is 9.87. The molecule has 90 valence electrons. The zero-order valence-corrected chi connectivity index (χ0v) is 12.9. The van der Waals surface area contributed by atoms with Gasteiger partial charge in [0.05, 0.1) is 5.94 Å². The van der Waals surface area contributed by atoms with E-state index in [0.29, 0.717) is 0 Å². The first kappa shape index (κ1) is 13.8. The molecule has 1 aromatic carbocycles. The highest BCUT2D eigenvalue weighted by molar-refractivity contribution is 7.99. The summed E-state index contributed by atoms with van der Waals surface area (Å²) in [6.07, 6.45) is 0. The molecule has 0 heterocycles. The lowest BCUT2D eigenvalue weighted by Gasteiger charge is -2.19. The third kappa shape index (κ3) is 4.72. The van der Waals surface area contributed by atoms with Crippen LogP contribution in [0.2, 0.25) is 13.1 Å². The van der Waals surface area contributed by atoms with Crippen LogP contribution in [0.4, 0.5) is 0 Å². The topological polar surface area (TPSA) is 9.23 Å². The quantitative estimate of drug-likeness (QED) is 0.456. The summed E-state index contributed by atoms with van der Waals surface area (Å²) in [5, 5.41) is 0. The molecule has 0 spiro atoms. The standard InChI is InChI=1S/C13H22OSSi/c1-13(2,3)11-6-8-12(9-7-11)15-10-14-16(4)5/h6-9,16H,10H2,1-5H3. The molecule has 0 unspecified atom stereocenters. The van der Waals surface area contributed by atoms with Gasteiger partial charge in [-0.25, -0.2) is 0 Å². The molecule has 0 atom stereocenters. The van der Waals surface area contributed by atoms with Crippen molar-refractivity contribution >= 4 is 20.8 Å². The van der Waals surface area contributed by atoms with E-state index in [1.54, 1.807) is 11.8 Å². The highest BCUT2D eigenvalue weighted by Crippen LogP contribution is 2.25. The van der Waals surface area contributed by atoms with E-state index in [9.17, 15) is 0 Å². The first-order chi connectivity index (χ1) is 7.39. The average Bonchev–Trinajstić information content (AvgIpc) is 2.16. The second-order valence-corrected chi connectivity index (χ2v) is 8.68. The Labute approximate surface area is 105 Å². The molecule has 0 radical (unpaired) electrons. The fourth-order valence-corrected chi connectivity index (χ4v) is 3.11. The van der Waals surface area contributed by atoms with Crippen LogP contribution >= 0.6 is 11.8 Å². The fraction of sp³-hybridized carbons (Fsp3) is 0.538. The maximum atomic E-state index is 5.65. The van der Waals surface area contributed by atoms with Crippen molar-refractivity contribution < 1.29 is 4.43 Å². The summed E-state index contributed by atoms with van der Waals surface area (Å²) in [4.78, 5) is 1.29. The van der Waals surface area contributed by atoms with Crippen molar-refractivity contribution in [2.75, 3.05) is 5.94 Å². The van der Waals surface area contributed by atoms with Crippen molar-refractivity contribution in [1.82, 2.24) is 0 Å². The van der Waals surface area contributed by atoms with Crippen molar-refractivity contribution in [2.45, 2.75) is 44.2 Å². The van der Waals surface area contributed by atoms with E-state index >= 15 is 0 Å². The maximum Gasteiger partial charge on any atom is 0.172 e. The van der Waals surface area contributed by atoms with Crippen LogP contribution in [0.5, 0.6) is 0 Å². The van der Waals surface area contributed by atoms with E-state index in [0.717, 1.165) is 5.94 Å². The molecule has 0 N–H and O–H groups in total. The van der Waals surface area contributed by atoms with Crippen LogP contribution in [0, 0.1) is 0 Å². The summed E-state index contributed by atoms with van der Waals surface area (Å²) < 4.78 is 5.65. The van der Waals surface area contributed by atoms with Gasteiger partial charge in [-0.3, -0.25) is 0 Å². The van der Waals surface area contributed by atoms with Gasteiger partial charge in [0.25, 0.3) is 0 Å². The molecule has 0 aliphatic rings. The number of benzene rings is 1. The minimum Gasteiger partial charge on any atom is -0.411 e. The van der Waals surface area contributed by atoms with Crippen molar-refractivity contribution in [1.29, 1.82) is 0 Å². The first-order valence-electron chi connectivity index (χ1n) is 5.74. The van der Waals surface area contributed by atoms with E-state index in [4.69, 9.17) is 4.43 Å². The largest absolute Gasteiger partial charge is 0.411 e. The molecule has 0 amide bonds. The van der Waals surface area contributed by atoms with Gasteiger partial charge in [0.15, 0.2) is 9.04 Å². The van der Waals surface area contributed by atoms with Crippen molar-refractivity contribution in [2.24, 2.45) is 0 Å². The summed E-state index contributed by atoms with van der Waals surface area (Å²) in [5.41, 5.74) is 1.63. The third-order valence-electron chi connectivity index (χ3n) is 2.35. The second kappa shape index (κ2) is 5.89. The van der Waals surface area contributed by atoms with Gasteiger partial charge in [-0.1, -0.05) is 44.7 Å². The van der Waals surface area contributed by atoms with Gasteiger partial charge < -0.3 is 4.43 Å². The fourth-order valence-electron chi connectivity index (χ4n) is 1.29. The Hall–Kier alpha value is -0.253. The van der Waals surface area contributed by atoms with Gasteiger partial charge in [-0.2, -0.15) is 0 Å². The Kier molecular flexibility index (Phi) is 5.09. The summed E-state index contributed by atoms with van der Waals surface area (Å²) in [6.45, 7) is 11.1. The molecule has 16 heavy (non-hydrogen) atoms. The monoisotopic (exact) mass is 254 g/mol. The Morgan fingerprint density at radius 2 is 1.69 bits per heavy atom. The number of rotatable bonds is 4. The van der Waals surface area contributed by atoms with E-state index in [-0.39, 0.29) is 5.41 Å². The van der Waals surface area contributed by atoms with E-state index in [1.165, 1.54) is 10.5 Å². The van der Waals surface area contributed by atoms with Crippen LogP contribution in [0.15, 0.2) is 29.2 Å². The summed E-state index contributed by atoms with van der Waals surface area (Å²) in [5.74, 6) is 0.790. The Bertz CT molecular complexity index is 314. The van der Waals surface area contributed by atoms with Crippen LogP contribution in [-0.4, -0.2) is 15.0 Å². The van der Waals surface area contributed by atoms with Gasteiger partial charge >= 0.3 is 0 Å². The molecule has 3 heteroatoms. The van der Waals surface area contributed by atoms with Gasteiger partial charge in [-0.15, -0.1) is 0 Å². The van der Waals surface area contributed by atoms with Crippen LogP contribution < -0.4 is 0 Å². The molecule has 0 fully saturated rings.